The molecule has 1 unspecified atom stereocenters. The second-order valence-corrected chi connectivity index (χ2v) is 10.1. The lowest BCUT2D eigenvalue weighted by atomic mass is 9.96. The van der Waals surface area contributed by atoms with E-state index in [2.05, 4.69) is 32.9 Å². The first-order valence-electron chi connectivity index (χ1n) is 14.5. The molecule has 0 aliphatic rings. The van der Waals surface area contributed by atoms with E-state index in [1.165, 1.54) is 154 Å². The molecular formula is C30H60. The Morgan fingerprint density at radius 2 is 0.700 bits per heavy atom. The minimum Gasteiger partial charge on any atom is -0.0885 e. The summed E-state index contributed by atoms with van der Waals surface area (Å²) in [5.41, 5.74) is 0. The van der Waals surface area contributed by atoms with Crippen molar-refractivity contribution in [2.24, 2.45) is 5.92 Å². The van der Waals surface area contributed by atoms with E-state index in [-0.39, 0.29) is 0 Å². The lowest BCUT2D eigenvalue weighted by molar-refractivity contribution is 0.432. The molecule has 0 radical (unpaired) electrons. The van der Waals surface area contributed by atoms with Gasteiger partial charge >= 0.3 is 0 Å². The summed E-state index contributed by atoms with van der Waals surface area (Å²) in [6, 6.07) is 0. The van der Waals surface area contributed by atoms with Gasteiger partial charge in [0.1, 0.15) is 0 Å². The van der Waals surface area contributed by atoms with Crippen molar-refractivity contribution < 1.29 is 0 Å². The molecule has 180 valence electrons. The van der Waals surface area contributed by atoms with Crippen LogP contribution in [0.4, 0.5) is 0 Å². The van der Waals surface area contributed by atoms with Crippen LogP contribution in [0.2, 0.25) is 0 Å². The highest BCUT2D eigenvalue weighted by Crippen LogP contribution is 2.18. The quantitative estimate of drug-likeness (QED) is 0.102. The molecule has 0 N–H and O–H groups in total. The normalized spacial score (nSPS) is 12.8. The lowest BCUT2D eigenvalue weighted by Crippen LogP contribution is -1.95. The molecule has 0 aromatic carbocycles. The van der Waals surface area contributed by atoms with E-state index in [1.54, 1.807) is 0 Å². The number of allylic oxidation sites excluding steroid dienone is 2. The number of rotatable bonds is 25. The van der Waals surface area contributed by atoms with E-state index in [0.29, 0.717) is 0 Å². The molecule has 0 spiro atoms. The Bertz CT molecular complexity index is 316. The average Bonchev–Trinajstić information content (AvgIpc) is 2.75. The van der Waals surface area contributed by atoms with Crippen LogP contribution in [-0.2, 0) is 0 Å². The third kappa shape index (κ3) is 25.8. The van der Waals surface area contributed by atoms with Crippen molar-refractivity contribution in [3.63, 3.8) is 0 Å². The fourth-order valence-corrected chi connectivity index (χ4v) is 4.51. The van der Waals surface area contributed by atoms with Crippen molar-refractivity contribution in [3.05, 3.63) is 12.2 Å². The van der Waals surface area contributed by atoms with E-state index in [4.69, 9.17) is 0 Å². The molecule has 0 saturated heterocycles. The molecule has 0 aliphatic carbocycles. The molecule has 0 bridgehead atoms. The second kappa shape index (κ2) is 26.8. The van der Waals surface area contributed by atoms with Crippen LogP contribution in [0, 0.1) is 5.92 Å². The minimum atomic E-state index is 0.958. The molecule has 0 aromatic rings. The Labute approximate surface area is 193 Å². The molecule has 0 saturated carbocycles. The van der Waals surface area contributed by atoms with Gasteiger partial charge < -0.3 is 0 Å². The van der Waals surface area contributed by atoms with Gasteiger partial charge in [0.2, 0.25) is 0 Å². The predicted molar refractivity (Wildman–Crippen MR) is 140 cm³/mol. The highest BCUT2D eigenvalue weighted by Gasteiger charge is 2.02. The van der Waals surface area contributed by atoms with Crippen molar-refractivity contribution in [3.8, 4) is 0 Å². The van der Waals surface area contributed by atoms with Crippen LogP contribution < -0.4 is 0 Å². The zero-order valence-corrected chi connectivity index (χ0v) is 21.7. The van der Waals surface area contributed by atoms with Gasteiger partial charge in [0.25, 0.3) is 0 Å². The van der Waals surface area contributed by atoms with Crippen LogP contribution in [0.1, 0.15) is 175 Å². The lowest BCUT2D eigenvalue weighted by Gasteiger charge is -2.11. The molecule has 0 heteroatoms. The van der Waals surface area contributed by atoms with Gasteiger partial charge in [-0.3, -0.25) is 0 Å². The molecule has 0 aliphatic heterocycles. The molecule has 1 atom stereocenters. The van der Waals surface area contributed by atoms with E-state index >= 15 is 0 Å². The SMILES string of the molecule is CCCCCCCCCCCC=CCCCCCCCC(C)CCCCCCCC. The summed E-state index contributed by atoms with van der Waals surface area (Å²) in [7, 11) is 0. The first-order valence-corrected chi connectivity index (χ1v) is 14.5. The van der Waals surface area contributed by atoms with Crippen LogP contribution in [0.5, 0.6) is 0 Å². The van der Waals surface area contributed by atoms with Gasteiger partial charge in [-0.1, -0.05) is 161 Å². The van der Waals surface area contributed by atoms with Crippen molar-refractivity contribution in [2.75, 3.05) is 0 Å². The summed E-state index contributed by atoms with van der Waals surface area (Å²) in [6.07, 6.45) is 39.3. The van der Waals surface area contributed by atoms with Crippen molar-refractivity contribution in [1.29, 1.82) is 0 Å². The molecular weight excluding hydrogens is 360 g/mol. The summed E-state index contributed by atoms with van der Waals surface area (Å²) in [5, 5.41) is 0. The second-order valence-electron chi connectivity index (χ2n) is 10.1. The van der Waals surface area contributed by atoms with Gasteiger partial charge in [-0.25, -0.2) is 0 Å². The maximum atomic E-state index is 2.48. The largest absolute Gasteiger partial charge is 0.0885 e. The highest BCUT2D eigenvalue weighted by molar-refractivity contribution is 4.81. The van der Waals surface area contributed by atoms with Crippen LogP contribution in [0.15, 0.2) is 12.2 Å². The molecule has 0 nitrogen and oxygen atoms in total. The van der Waals surface area contributed by atoms with Gasteiger partial charge in [0.15, 0.2) is 0 Å². The predicted octanol–water partition coefficient (Wildman–Crippen LogP) is 11.6. The monoisotopic (exact) mass is 420 g/mol. The van der Waals surface area contributed by atoms with Crippen molar-refractivity contribution >= 4 is 0 Å². The zero-order chi connectivity index (χ0) is 22.0. The van der Waals surface area contributed by atoms with Gasteiger partial charge in [-0.15, -0.1) is 0 Å². The van der Waals surface area contributed by atoms with E-state index in [9.17, 15) is 0 Å². The number of hydrogen-bond acceptors (Lipinski definition) is 0. The van der Waals surface area contributed by atoms with Crippen LogP contribution in [-0.4, -0.2) is 0 Å². The molecule has 0 rings (SSSR count). The topological polar surface area (TPSA) is 0 Å². The zero-order valence-electron chi connectivity index (χ0n) is 21.7. The minimum absolute atomic E-state index is 0.958. The van der Waals surface area contributed by atoms with Crippen molar-refractivity contribution in [1.82, 2.24) is 0 Å². The summed E-state index contributed by atoms with van der Waals surface area (Å²) in [6.45, 7) is 7.08. The maximum Gasteiger partial charge on any atom is -0.0351 e. The van der Waals surface area contributed by atoms with Crippen LogP contribution in [0.25, 0.3) is 0 Å². The van der Waals surface area contributed by atoms with Gasteiger partial charge in [-0.2, -0.15) is 0 Å². The van der Waals surface area contributed by atoms with Crippen LogP contribution >= 0.6 is 0 Å². The number of unbranched alkanes of at least 4 members (excludes halogenated alkanes) is 19. The molecule has 0 heterocycles. The van der Waals surface area contributed by atoms with E-state index in [1.807, 2.05) is 0 Å². The third-order valence-electron chi connectivity index (χ3n) is 6.76. The summed E-state index contributed by atoms with van der Waals surface area (Å²) in [4.78, 5) is 0. The summed E-state index contributed by atoms with van der Waals surface area (Å²) >= 11 is 0. The smallest absolute Gasteiger partial charge is 0.0351 e. The van der Waals surface area contributed by atoms with E-state index in [0.717, 1.165) is 5.92 Å². The first-order chi connectivity index (χ1) is 14.8. The van der Waals surface area contributed by atoms with Gasteiger partial charge in [0, 0.05) is 0 Å². The Balaban J connectivity index is 3.17. The Morgan fingerprint density at radius 3 is 1.07 bits per heavy atom. The summed E-state index contributed by atoms with van der Waals surface area (Å²) in [5.74, 6) is 0.958. The van der Waals surface area contributed by atoms with Crippen LogP contribution in [0.3, 0.4) is 0 Å². The number of hydrogen-bond donors (Lipinski definition) is 0. The Kier molecular flexibility index (Phi) is 26.5. The maximum absolute atomic E-state index is 2.48. The molecule has 0 amide bonds. The van der Waals surface area contributed by atoms with Crippen molar-refractivity contribution in [2.45, 2.75) is 175 Å². The summed E-state index contributed by atoms with van der Waals surface area (Å²) < 4.78 is 0. The standard InChI is InChI=1S/C30H60/c1-4-6-8-10-12-13-14-15-16-17-18-19-20-21-22-23-25-27-29-30(3)28-26-24-11-9-7-5-2/h18-19,30H,4-17,20-29H2,1-3H3. The molecule has 0 fully saturated rings. The Morgan fingerprint density at radius 1 is 0.400 bits per heavy atom. The third-order valence-corrected chi connectivity index (χ3v) is 6.76. The van der Waals surface area contributed by atoms with E-state index < -0.39 is 0 Å². The van der Waals surface area contributed by atoms with Gasteiger partial charge in [-0.05, 0) is 31.6 Å². The fraction of sp³-hybridized carbons (Fsp3) is 0.933. The fourth-order valence-electron chi connectivity index (χ4n) is 4.51. The molecule has 30 heavy (non-hydrogen) atoms. The highest BCUT2D eigenvalue weighted by atomic mass is 14.1. The first kappa shape index (κ1) is 29.7. The Hall–Kier alpha value is -0.260. The molecule has 0 aromatic heterocycles. The van der Waals surface area contributed by atoms with Gasteiger partial charge in [0.05, 0.1) is 0 Å². The average molecular weight is 421 g/mol.